The molecule has 29 heavy (non-hydrogen) atoms. The Labute approximate surface area is 179 Å². The molecule has 0 aliphatic rings. The molecule has 1 amide bonds. The van der Waals surface area contributed by atoms with Crippen molar-refractivity contribution in [2.45, 2.75) is 130 Å². The highest BCUT2D eigenvalue weighted by Gasteiger charge is 2.20. The van der Waals surface area contributed by atoms with Crippen LogP contribution in [0.2, 0.25) is 0 Å². The molecule has 0 spiro atoms. The molecule has 0 fully saturated rings. The number of nitrogens with one attached hydrogen (secondary N) is 1. The summed E-state index contributed by atoms with van der Waals surface area (Å²) >= 11 is 0. The van der Waals surface area contributed by atoms with Crippen LogP contribution >= 0.6 is 0 Å². The molecule has 1 atom stereocenters. The van der Waals surface area contributed by atoms with Gasteiger partial charge in [-0.1, -0.05) is 110 Å². The van der Waals surface area contributed by atoms with Gasteiger partial charge in [0.25, 0.3) is 0 Å². The predicted octanol–water partition coefficient (Wildman–Crippen LogP) is 7.03. The van der Waals surface area contributed by atoms with Crippen LogP contribution in [0.25, 0.3) is 0 Å². The molecule has 2 N–H and O–H groups in total. The van der Waals surface area contributed by atoms with Gasteiger partial charge >= 0.3 is 5.97 Å². The van der Waals surface area contributed by atoms with Crippen LogP contribution in [0.15, 0.2) is 12.2 Å². The minimum absolute atomic E-state index is 0.143. The van der Waals surface area contributed by atoms with E-state index >= 15 is 0 Å². The molecule has 0 aromatic carbocycles. The van der Waals surface area contributed by atoms with Crippen LogP contribution in [0, 0.1) is 5.92 Å². The Kier molecular flexibility index (Phi) is 17.8. The van der Waals surface area contributed by atoms with Gasteiger partial charge in [0.15, 0.2) is 0 Å². The van der Waals surface area contributed by atoms with Gasteiger partial charge in [-0.25, -0.2) is 4.79 Å². The largest absolute Gasteiger partial charge is 0.480 e. The first-order valence-electron chi connectivity index (χ1n) is 12.1. The summed E-state index contributed by atoms with van der Waals surface area (Å²) in [5, 5.41) is 12.0. The Morgan fingerprint density at radius 2 is 1.24 bits per heavy atom. The van der Waals surface area contributed by atoms with Gasteiger partial charge < -0.3 is 10.4 Å². The summed E-state index contributed by atoms with van der Waals surface area (Å²) in [5.74, 6) is -0.762. The van der Waals surface area contributed by atoms with Crippen molar-refractivity contribution in [3.05, 3.63) is 12.2 Å². The zero-order valence-corrected chi connectivity index (χ0v) is 19.4. The van der Waals surface area contributed by atoms with Crippen LogP contribution in [0.5, 0.6) is 0 Å². The van der Waals surface area contributed by atoms with E-state index in [-0.39, 0.29) is 5.91 Å². The summed E-state index contributed by atoms with van der Waals surface area (Å²) in [7, 11) is 0. The van der Waals surface area contributed by atoms with E-state index in [1.165, 1.54) is 70.6 Å². The standard InChI is InChI=1S/C25H47NO3/c1-5-6-7-8-9-10-11-12-13-14-15-16-17-18-24(27)26-23(25(28)29)20-19-22(4)21(2)3/h21,23H,4-20H2,1-3H3,(H,26,27)(H,28,29)/t23-/m0/s1. The minimum atomic E-state index is -0.958. The highest BCUT2D eigenvalue weighted by molar-refractivity contribution is 5.83. The van der Waals surface area contributed by atoms with Crippen LogP contribution in [0.1, 0.15) is 124 Å². The topological polar surface area (TPSA) is 66.4 Å². The van der Waals surface area contributed by atoms with E-state index in [4.69, 9.17) is 0 Å². The second kappa shape index (κ2) is 18.7. The summed E-state index contributed by atoms with van der Waals surface area (Å²) in [6, 6.07) is -0.806. The van der Waals surface area contributed by atoms with E-state index in [1.807, 2.05) is 13.8 Å². The van der Waals surface area contributed by atoms with Crippen LogP contribution in [0.4, 0.5) is 0 Å². The van der Waals surface area contributed by atoms with Crippen molar-refractivity contribution in [2.24, 2.45) is 5.92 Å². The smallest absolute Gasteiger partial charge is 0.326 e. The third-order valence-corrected chi connectivity index (χ3v) is 5.71. The molecule has 0 saturated carbocycles. The number of carbonyl (C=O) groups excluding carboxylic acids is 1. The molecule has 0 heterocycles. The number of aliphatic carboxylic acids is 1. The first-order valence-corrected chi connectivity index (χ1v) is 12.1. The van der Waals surface area contributed by atoms with Gasteiger partial charge in [0.05, 0.1) is 0 Å². The van der Waals surface area contributed by atoms with Crippen molar-refractivity contribution < 1.29 is 14.7 Å². The lowest BCUT2D eigenvalue weighted by molar-refractivity contribution is -0.142. The lowest BCUT2D eigenvalue weighted by Gasteiger charge is -2.16. The van der Waals surface area contributed by atoms with Gasteiger partial charge in [0, 0.05) is 6.42 Å². The molecule has 0 aliphatic heterocycles. The van der Waals surface area contributed by atoms with Crippen LogP contribution in [0.3, 0.4) is 0 Å². The highest BCUT2D eigenvalue weighted by atomic mass is 16.4. The van der Waals surface area contributed by atoms with Gasteiger partial charge in [-0.2, -0.15) is 0 Å². The normalized spacial score (nSPS) is 12.1. The summed E-state index contributed by atoms with van der Waals surface area (Å²) in [6.45, 7) is 10.3. The second-order valence-electron chi connectivity index (χ2n) is 8.80. The van der Waals surface area contributed by atoms with Gasteiger partial charge in [0.1, 0.15) is 6.04 Å². The molecule has 4 heteroatoms. The molecule has 0 rings (SSSR count). The average molecular weight is 410 g/mol. The molecule has 0 radical (unpaired) electrons. The minimum Gasteiger partial charge on any atom is -0.480 e. The number of hydrogen-bond acceptors (Lipinski definition) is 2. The summed E-state index contributed by atoms with van der Waals surface area (Å²) in [5.41, 5.74) is 1.03. The third kappa shape index (κ3) is 17.3. The Hall–Kier alpha value is -1.32. The zero-order chi connectivity index (χ0) is 21.9. The van der Waals surface area contributed by atoms with E-state index in [2.05, 4.69) is 18.8 Å². The van der Waals surface area contributed by atoms with Crippen LogP contribution in [-0.4, -0.2) is 23.0 Å². The maximum atomic E-state index is 12.0. The first-order chi connectivity index (χ1) is 13.9. The Bertz CT molecular complexity index is 445. The fourth-order valence-electron chi connectivity index (χ4n) is 3.45. The third-order valence-electron chi connectivity index (χ3n) is 5.71. The molecule has 0 aliphatic carbocycles. The summed E-state index contributed by atoms with van der Waals surface area (Å²) in [4.78, 5) is 23.4. The fraction of sp³-hybridized carbons (Fsp3) is 0.840. The molecule has 4 nitrogen and oxygen atoms in total. The number of unbranched alkanes of at least 4 members (excludes halogenated alkanes) is 12. The quantitative estimate of drug-likeness (QED) is 0.167. The summed E-state index contributed by atoms with van der Waals surface area (Å²) < 4.78 is 0. The molecule has 0 aromatic heterocycles. The van der Waals surface area contributed by atoms with Crippen LogP contribution < -0.4 is 5.32 Å². The van der Waals surface area contributed by atoms with Crippen LogP contribution in [-0.2, 0) is 9.59 Å². The van der Waals surface area contributed by atoms with Crippen molar-refractivity contribution in [3.63, 3.8) is 0 Å². The van der Waals surface area contributed by atoms with Crippen molar-refractivity contribution in [3.8, 4) is 0 Å². The van der Waals surface area contributed by atoms with Crippen molar-refractivity contribution >= 4 is 11.9 Å². The maximum absolute atomic E-state index is 12.0. The summed E-state index contributed by atoms with van der Waals surface area (Å²) in [6.07, 6.45) is 18.0. The number of amides is 1. The SMILES string of the molecule is C=C(CC[C@H](NC(=O)CCCCCCCCCCCCCCC)C(=O)O)C(C)C. The predicted molar refractivity (Wildman–Crippen MR) is 123 cm³/mol. The number of carboxylic acid groups (broad SMARTS) is 1. The molecule has 0 bridgehead atoms. The number of carboxylic acids is 1. The number of rotatable bonds is 20. The number of carbonyl (C=O) groups is 2. The average Bonchev–Trinajstić information content (AvgIpc) is 2.68. The zero-order valence-electron chi connectivity index (χ0n) is 19.4. The molecule has 0 aromatic rings. The van der Waals surface area contributed by atoms with E-state index in [9.17, 15) is 14.7 Å². The lowest BCUT2D eigenvalue weighted by atomic mass is 9.98. The first kappa shape index (κ1) is 27.7. The fourth-order valence-corrected chi connectivity index (χ4v) is 3.45. The van der Waals surface area contributed by atoms with Crippen molar-refractivity contribution in [1.82, 2.24) is 5.32 Å². The maximum Gasteiger partial charge on any atom is 0.326 e. The van der Waals surface area contributed by atoms with Crippen molar-refractivity contribution in [2.75, 3.05) is 0 Å². The van der Waals surface area contributed by atoms with E-state index in [1.54, 1.807) is 0 Å². The Balaban J connectivity index is 3.64. The molecular weight excluding hydrogens is 362 g/mol. The van der Waals surface area contributed by atoms with E-state index < -0.39 is 12.0 Å². The monoisotopic (exact) mass is 409 g/mol. The van der Waals surface area contributed by atoms with Crippen molar-refractivity contribution in [1.29, 1.82) is 0 Å². The molecular formula is C25H47NO3. The lowest BCUT2D eigenvalue weighted by Crippen LogP contribution is -2.40. The molecule has 0 saturated heterocycles. The van der Waals surface area contributed by atoms with E-state index in [0.29, 0.717) is 25.2 Å². The highest BCUT2D eigenvalue weighted by Crippen LogP contribution is 2.15. The second-order valence-corrected chi connectivity index (χ2v) is 8.80. The van der Waals surface area contributed by atoms with Gasteiger partial charge in [-0.15, -0.1) is 0 Å². The Morgan fingerprint density at radius 1 is 0.793 bits per heavy atom. The van der Waals surface area contributed by atoms with Gasteiger partial charge in [-0.05, 0) is 25.2 Å². The number of allylic oxidation sites excluding steroid dienone is 1. The van der Waals surface area contributed by atoms with E-state index in [0.717, 1.165) is 18.4 Å². The van der Waals surface area contributed by atoms with Gasteiger partial charge in [0.2, 0.25) is 5.91 Å². The Morgan fingerprint density at radius 3 is 1.66 bits per heavy atom. The van der Waals surface area contributed by atoms with Gasteiger partial charge in [-0.3, -0.25) is 4.79 Å². The molecule has 170 valence electrons. The number of hydrogen-bond donors (Lipinski definition) is 2. The molecule has 0 unspecified atom stereocenters.